The van der Waals surface area contributed by atoms with Gasteiger partial charge in [-0.1, -0.05) is 24.2 Å². The molecule has 168 valence electrons. The summed E-state index contributed by atoms with van der Waals surface area (Å²) in [7, 11) is 3.34. The van der Waals surface area contributed by atoms with Crippen LogP contribution in [0.15, 0.2) is 28.8 Å². The number of methoxy groups -OCH3 is 2. The van der Waals surface area contributed by atoms with Crippen LogP contribution in [-0.2, 0) is 6.54 Å². The molecule has 0 radical (unpaired) electrons. The first-order valence-electron chi connectivity index (χ1n) is 11.3. The summed E-state index contributed by atoms with van der Waals surface area (Å²) < 4.78 is 16.5. The van der Waals surface area contributed by atoms with Crippen molar-refractivity contribution in [1.29, 1.82) is 0 Å². The molecule has 2 aliphatic rings. The highest BCUT2D eigenvalue weighted by Gasteiger charge is 2.28. The Morgan fingerprint density at radius 3 is 2.71 bits per heavy atom. The van der Waals surface area contributed by atoms with Crippen LogP contribution in [0, 0.1) is 5.92 Å². The minimum Gasteiger partial charge on any atom is -0.493 e. The molecule has 1 aromatic heterocycles. The highest BCUT2D eigenvalue weighted by molar-refractivity contribution is 5.91. The quantitative estimate of drug-likeness (QED) is 0.696. The summed E-state index contributed by atoms with van der Waals surface area (Å²) in [5.74, 6) is 2.83. The predicted octanol–water partition coefficient (Wildman–Crippen LogP) is 3.94. The molecule has 2 aliphatic heterocycles. The number of hydrogen-bond donors (Lipinski definition) is 0. The Bertz CT molecular complexity index is 889. The largest absolute Gasteiger partial charge is 0.493 e. The van der Waals surface area contributed by atoms with Gasteiger partial charge < -0.3 is 18.9 Å². The highest BCUT2D eigenvalue weighted by atomic mass is 16.5. The Morgan fingerprint density at radius 1 is 1.16 bits per heavy atom. The lowest BCUT2D eigenvalue weighted by Crippen LogP contribution is -2.37. The first kappa shape index (κ1) is 21.7. The van der Waals surface area contributed by atoms with E-state index in [1.54, 1.807) is 14.2 Å². The van der Waals surface area contributed by atoms with Crippen LogP contribution in [0.1, 0.15) is 60.3 Å². The third-order valence-electron chi connectivity index (χ3n) is 6.61. The topological polar surface area (TPSA) is 68.0 Å². The van der Waals surface area contributed by atoms with Crippen LogP contribution in [-0.4, -0.2) is 61.3 Å². The van der Waals surface area contributed by atoms with Gasteiger partial charge in [-0.15, -0.1) is 0 Å². The van der Waals surface area contributed by atoms with E-state index in [-0.39, 0.29) is 11.8 Å². The molecule has 0 spiro atoms. The predicted molar refractivity (Wildman–Crippen MR) is 118 cm³/mol. The fraction of sp³-hybridized carbons (Fsp3) is 0.583. The van der Waals surface area contributed by atoms with E-state index in [0.29, 0.717) is 11.7 Å². The van der Waals surface area contributed by atoms with Gasteiger partial charge in [-0.3, -0.25) is 9.69 Å². The Morgan fingerprint density at radius 2 is 1.97 bits per heavy atom. The summed E-state index contributed by atoms with van der Waals surface area (Å²) >= 11 is 0. The molecule has 1 aromatic carbocycles. The first-order chi connectivity index (χ1) is 15.1. The number of para-hydroxylation sites is 1. The van der Waals surface area contributed by atoms with Gasteiger partial charge >= 0.3 is 0 Å². The van der Waals surface area contributed by atoms with Crippen LogP contribution in [0.2, 0.25) is 0 Å². The number of carbonyl (C=O) groups excluding carboxylic acids is 1. The first-order valence-corrected chi connectivity index (χ1v) is 11.3. The van der Waals surface area contributed by atoms with Gasteiger partial charge in [-0.2, -0.15) is 0 Å². The number of nitrogens with zero attached hydrogens (tertiary/aromatic N) is 3. The van der Waals surface area contributed by atoms with E-state index >= 15 is 0 Å². The molecular weight excluding hydrogens is 394 g/mol. The Hall–Kier alpha value is -2.54. The fourth-order valence-corrected chi connectivity index (χ4v) is 4.71. The number of hydrogen-bond acceptors (Lipinski definition) is 6. The van der Waals surface area contributed by atoms with Crippen molar-refractivity contribution in [1.82, 2.24) is 15.0 Å². The standard InChI is InChI=1S/C24H33N3O4/c1-17-9-12-27(13-10-17)24(28)22-14-20(25-31-22)18-7-5-11-26(15-18)16-19-6-4-8-21(29-2)23(19)30-3/h4,6,8,14,17-18H,5,7,9-13,15-16H2,1-3H3/t18-/m0/s1. The summed E-state index contributed by atoms with van der Waals surface area (Å²) in [4.78, 5) is 17.1. The van der Waals surface area contributed by atoms with E-state index in [4.69, 9.17) is 14.0 Å². The summed E-state index contributed by atoms with van der Waals surface area (Å²) in [5.41, 5.74) is 1.99. The van der Waals surface area contributed by atoms with Gasteiger partial charge in [0.1, 0.15) is 0 Å². The number of rotatable bonds is 6. The fourth-order valence-electron chi connectivity index (χ4n) is 4.71. The molecule has 1 atom stereocenters. The van der Waals surface area contributed by atoms with Crippen LogP contribution in [0.3, 0.4) is 0 Å². The van der Waals surface area contributed by atoms with E-state index in [1.807, 2.05) is 23.1 Å². The van der Waals surface area contributed by atoms with E-state index in [2.05, 4.69) is 23.0 Å². The van der Waals surface area contributed by atoms with Crippen molar-refractivity contribution in [2.45, 2.75) is 45.1 Å². The van der Waals surface area contributed by atoms with E-state index in [0.717, 1.165) is 81.2 Å². The number of amides is 1. The second-order valence-electron chi connectivity index (χ2n) is 8.82. The summed E-state index contributed by atoms with van der Waals surface area (Å²) in [5, 5.41) is 4.28. The van der Waals surface area contributed by atoms with Crippen LogP contribution in [0.25, 0.3) is 0 Å². The van der Waals surface area contributed by atoms with Crippen LogP contribution < -0.4 is 9.47 Å². The van der Waals surface area contributed by atoms with E-state index < -0.39 is 0 Å². The monoisotopic (exact) mass is 427 g/mol. The van der Waals surface area contributed by atoms with Gasteiger partial charge in [0, 0.05) is 43.7 Å². The SMILES string of the molecule is COc1cccc(CN2CCC[C@H](c3cc(C(=O)N4CCC(C)CC4)on3)C2)c1OC. The average Bonchev–Trinajstić information content (AvgIpc) is 3.29. The molecule has 2 saturated heterocycles. The minimum atomic E-state index is -0.0283. The molecule has 0 aliphatic carbocycles. The van der Waals surface area contributed by atoms with Crippen LogP contribution in [0.4, 0.5) is 0 Å². The molecule has 3 heterocycles. The molecular formula is C24H33N3O4. The molecule has 7 heteroatoms. The second-order valence-corrected chi connectivity index (χ2v) is 8.82. The van der Waals surface area contributed by atoms with Gasteiger partial charge in [-0.05, 0) is 44.2 Å². The number of carbonyl (C=O) groups is 1. The van der Waals surface area contributed by atoms with Crippen LogP contribution >= 0.6 is 0 Å². The Balaban J connectivity index is 1.41. The zero-order valence-electron chi connectivity index (χ0n) is 18.8. The van der Waals surface area contributed by atoms with Crippen molar-refractivity contribution >= 4 is 5.91 Å². The number of likely N-dealkylation sites (tertiary alicyclic amines) is 2. The number of aromatic nitrogens is 1. The maximum atomic E-state index is 12.8. The van der Waals surface area contributed by atoms with Crippen molar-refractivity contribution < 1.29 is 18.8 Å². The molecule has 0 bridgehead atoms. The number of piperidine rings is 2. The van der Waals surface area contributed by atoms with E-state index in [1.165, 1.54) is 0 Å². The average molecular weight is 428 g/mol. The summed E-state index contributed by atoms with van der Waals surface area (Å²) in [6, 6.07) is 7.85. The third-order valence-corrected chi connectivity index (χ3v) is 6.61. The molecule has 2 aromatic rings. The van der Waals surface area contributed by atoms with Crippen molar-refractivity contribution in [3.8, 4) is 11.5 Å². The van der Waals surface area contributed by atoms with Gasteiger partial charge in [0.25, 0.3) is 5.91 Å². The van der Waals surface area contributed by atoms with Gasteiger partial charge in [0.15, 0.2) is 11.5 Å². The summed E-state index contributed by atoms with van der Waals surface area (Å²) in [6.07, 6.45) is 4.24. The molecule has 0 saturated carbocycles. The van der Waals surface area contributed by atoms with Crippen molar-refractivity contribution in [3.63, 3.8) is 0 Å². The van der Waals surface area contributed by atoms with Crippen LogP contribution in [0.5, 0.6) is 11.5 Å². The minimum absolute atomic E-state index is 0.0283. The molecule has 4 rings (SSSR count). The molecule has 1 amide bonds. The zero-order valence-corrected chi connectivity index (χ0v) is 18.8. The summed E-state index contributed by atoms with van der Waals surface area (Å²) in [6.45, 7) is 6.52. The van der Waals surface area contributed by atoms with Gasteiger partial charge in [-0.25, -0.2) is 0 Å². The molecule has 0 unspecified atom stereocenters. The van der Waals surface area contributed by atoms with E-state index in [9.17, 15) is 4.79 Å². The highest BCUT2D eigenvalue weighted by Crippen LogP contribution is 2.34. The third kappa shape index (κ3) is 4.87. The number of ether oxygens (including phenoxy) is 2. The molecule has 0 N–H and O–H groups in total. The lowest BCUT2D eigenvalue weighted by Gasteiger charge is -2.32. The number of benzene rings is 1. The normalized spacial score (nSPS) is 20.6. The lowest BCUT2D eigenvalue weighted by atomic mass is 9.94. The Labute approximate surface area is 184 Å². The van der Waals surface area contributed by atoms with Crippen molar-refractivity contribution in [3.05, 3.63) is 41.3 Å². The maximum Gasteiger partial charge on any atom is 0.292 e. The molecule has 7 nitrogen and oxygen atoms in total. The lowest BCUT2D eigenvalue weighted by molar-refractivity contribution is 0.0655. The zero-order chi connectivity index (χ0) is 21.8. The van der Waals surface area contributed by atoms with Gasteiger partial charge in [0.05, 0.1) is 19.9 Å². The molecule has 31 heavy (non-hydrogen) atoms. The maximum absolute atomic E-state index is 12.8. The van der Waals surface area contributed by atoms with Crippen molar-refractivity contribution in [2.24, 2.45) is 5.92 Å². The Kier molecular flexibility index (Phi) is 6.80. The smallest absolute Gasteiger partial charge is 0.292 e. The second kappa shape index (κ2) is 9.73. The van der Waals surface area contributed by atoms with Crippen molar-refractivity contribution in [2.75, 3.05) is 40.4 Å². The molecule has 2 fully saturated rings. The van der Waals surface area contributed by atoms with Gasteiger partial charge in [0.2, 0.25) is 5.76 Å².